The second-order valence-corrected chi connectivity index (χ2v) is 17.2. The minimum absolute atomic E-state index is 0.00449. The number of alkyl halides is 2. The molecular weight excluding hydrogens is 633 g/mol. The van der Waals surface area contributed by atoms with Crippen molar-refractivity contribution in [3.05, 3.63) is 52.9 Å². The van der Waals surface area contributed by atoms with Crippen molar-refractivity contribution in [3.63, 3.8) is 0 Å². The molecule has 3 unspecified atom stereocenters. The molecule has 3 aliphatic rings. The molecule has 12 heteroatoms. The van der Waals surface area contributed by atoms with Gasteiger partial charge in [0.1, 0.15) is 12.1 Å². The van der Waals surface area contributed by atoms with Crippen molar-refractivity contribution in [1.82, 2.24) is 35.1 Å². The molecule has 2 amide bonds. The van der Waals surface area contributed by atoms with E-state index in [0.29, 0.717) is 26.1 Å². The largest absolute Gasteiger partial charge is 0.350 e. The van der Waals surface area contributed by atoms with Crippen molar-refractivity contribution < 1.29 is 18.4 Å². The number of hydrogen-bond donors (Lipinski definition) is 1. The molecule has 2 aromatic heterocycles. The van der Waals surface area contributed by atoms with Crippen molar-refractivity contribution in [2.75, 3.05) is 26.7 Å². The zero-order valence-corrected chi connectivity index (χ0v) is 30.0. The number of rotatable bonds is 11. The lowest BCUT2D eigenvalue weighted by molar-refractivity contribution is -0.144. The molecule has 0 bridgehead atoms. The highest BCUT2D eigenvalue weighted by Gasteiger charge is 2.58. The van der Waals surface area contributed by atoms with Gasteiger partial charge in [-0.3, -0.25) is 9.59 Å². The van der Waals surface area contributed by atoms with Gasteiger partial charge in [0.15, 0.2) is 0 Å². The minimum Gasteiger partial charge on any atom is -0.350 e. The highest BCUT2D eigenvalue weighted by molar-refractivity contribution is 7.13. The Labute approximate surface area is 286 Å². The fourth-order valence-corrected chi connectivity index (χ4v) is 9.18. The third-order valence-electron chi connectivity index (χ3n) is 10.5. The second-order valence-electron chi connectivity index (χ2n) is 16.3. The lowest BCUT2D eigenvalue weighted by Crippen LogP contribution is -2.51. The fourth-order valence-electron chi connectivity index (χ4n) is 8.37. The average molecular weight is 682 g/mol. The molecule has 1 N–H and O–H groups in total. The number of aromatic nitrogens is 4. The van der Waals surface area contributed by atoms with Crippen LogP contribution < -0.4 is 5.32 Å². The molecule has 0 radical (unpaired) electrons. The summed E-state index contributed by atoms with van der Waals surface area (Å²) in [6.07, 6.45) is 5.00. The Kier molecular flexibility index (Phi) is 9.06. The molecule has 9 nitrogen and oxygen atoms in total. The number of halogens is 2. The Bertz CT molecular complexity index is 1640. The Morgan fingerprint density at radius 1 is 1.17 bits per heavy atom. The first-order valence-corrected chi connectivity index (χ1v) is 17.9. The molecule has 260 valence electrons. The van der Waals surface area contributed by atoms with E-state index in [-0.39, 0.29) is 29.1 Å². The van der Waals surface area contributed by atoms with E-state index in [4.69, 9.17) is 0 Å². The summed E-state index contributed by atoms with van der Waals surface area (Å²) >= 11 is 1.61. The van der Waals surface area contributed by atoms with Gasteiger partial charge in [-0.15, -0.1) is 16.4 Å². The maximum Gasteiger partial charge on any atom is 0.252 e. The molecule has 3 heterocycles. The monoisotopic (exact) mass is 681 g/mol. The van der Waals surface area contributed by atoms with Gasteiger partial charge in [-0.25, -0.2) is 18.4 Å². The summed E-state index contributed by atoms with van der Waals surface area (Å²) in [4.78, 5) is 37.0. The van der Waals surface area contributed by atoms with Gasteiger partial charge in [-0.05, 0) is 61.6 Å². The van der Waals surface area contributed by atoms with Crippen molar-refractivity contribution in [1.29, 1.82) is 0 Å². The Morgan fingerprint density at radius 3 is 2.46 bits per heavy atom. The standard InChI is InChI=1S/C36H49F2N7O2S/c1-23-29(48-22-40-23)25-12-10-24(11-13-25)16-39-31(46)27-9-8-14-44(27)32(47)30(33(2,3)4)45-18-28(41-42-45)35(6)19-34(5,20-35)21-43(7)17-26-15-36(26,37)38/h10-13,18,22,26-27,30H,8-9,14-17,19-21H2,1-7H3,(H,39,46). The second kappa shape index (κ2) is 12.6. The maximum atomic E-state index is 14.3. The molecule has 48 heavy (non-hydrogen) atoms. The van der Waals surface area contributed by atoms with E-state index in [1.54, 1.807) is 20.9 Å². The molecule has 3 atom stereocenters. The third kappa shape index (κ3) is 7.06. The van der Waals surface area contributed by atoms with E-state index >= 15 is 0 Å². The first-order valence-electron chi connectivity index (χ1n) is 17.0. The summed E-state index contributed by atoms with van der Waals surface area (Å²) in [5.74, 6) is -3.30. The summed E-state index contributed by atoms with van der Waals surface area (Å²) in [6.45, 7) is 14.5. The molecule has 0 spiro atoms. The van der Waals surface area contributed by atoms with E-state index in [2.05, 4.69) is 46.6 Å². The predicted octanol–water partition coefficient (Wildman–Crippen LogP) is 6.25. The van der Waals surface area contributed by atoms with Gasteiger partial charge in [0.05, 0.1) is 21.8 Å². The summed E-state index contributed by atoms with van der Waals surface area (Å²) in [7, 11) is 1.93. The topological polar surface area (TPSA) is 96.2 Å². The maximum absolute atomic E-state index is 14.3. The number of nitrogens with zero attached hydrogens (tertiary/aromatic N) is 6. The normalized spacial score (nSPS) is 27.2. The van der Waals surface area contributed by atoms with Gasteiger partial charge < -0.3 is 15.1 Å². The summed E-state index contributed by atoms with van der Waals surface area (Å²) in [5, 5.41) is 12.1. The third-order valence-corrected chi connectivity index (χ3v) is 11.5. The predicted molar refractivity (Wildman–Crippen MR) is 183 cm³/mol. The van der Waals surface area contributed by atoms with Crippen molar-refractivity contribution in [2.45, 2.75) is 104 Å². The van der Waals surface area contributed by atoms with Crippen LogP contribution in [0.2, 0.25) is 0 Å². The van der Waals surface area contributed by atoms with Gasteiger partial charge in [0.2, 0.25) is 11.8 Å². The van der Waals surface area contributed by atoms with Crippen molar-refractivity contribution in [3.8, 4) is 10.4 Å². The number of hydrogen-bond acceptors (Lipinski definition) is 7. The molecule has 2 aliphatic carbocycles. The summed E-state index contributed by atoms with van der Waals surface area (Å²) < 4.78 is 28.6. The van der Waals surface area contributed by atoms with Crippen molar-refractivity contribution >= 4 is 23.2 Å². The number of benzene rings is 1. The number of nitrogens with one attached hydrogen (secondary N) is 1. The molecule has 1 saturated heterocycles. The average Bonchev–Trinajstić information content (AvgIpc) is 3.53. The highest BCUT2D eigenvalue weighted by Crippen LogP contribution is 2.56. The lowest BCUT2D eigenvalue weighted by atomic mass is 9.53. The van der Waals surface area contributed by atoms with E-state index in [0.717, 1.165) is 53.2 Å². The van der Waals surface area contributed by atoms with E-state index in [9.17, 15) is 18.4 Å². The molecule has 3 fully saturated rings. The van der Waals surface area contributed by atoms with Crippen LogP contribution in [0.1, 0.15) is 89.7 Å². The highest BCUT2D eigenvalue weighted by atomic mass is 32.1. The van der Waals surface area contributed by atoms with Gasteiger partial charge >= 0.3 is 0 Å². The number of carbonyl (C=O) groups is 2. The lowest BCUT2D eigenvalue weighted by Gasteiger charge is -2.53. The molecule has 1 aromatic carbocycles. The zero-order valence-electron chi connectivity index (χ0n) is 29.2. The van der Waals surface area contributed by atoms with E-state index < -0.39 is 29.3 Å². The summed E-state index contributed by atoms with van der Waals surface area (Å²) in [5.41, 5.74) is 5.09. The number of carbonyl (C=O) groups excluding carboxylic acids is 2. The van der Waals surface area contributed by atoms with Gasteiger partial charge in [0.25, 0.3) is 5.92 Å². The van der Waals surface area contributed by atoms with Gasteiger partial charge in [-0.2, -0.15) is 0 Å². The van der Waals surface area contributed by atoms with Crippen LogP contribution >= 0.6 is 11.3 Å². The van der Waals surface area contributed by atoms with Crippen LogP contribution in [0.4, 0.5) is 8.78 Å². The van der Waals surface area contributed by atoms with Gasteiger partial charge in [0, 0.05) is 50.1 Å². The Balaban J connectivity index is 1.08. The Hall–Kier alpha value is -3.25. The van der Waals surface area contributed by atoms with Crippen LogP contribution in [0.25, 0.3) is 10.4 Å². The van der Waals surface area contributed by atoms with E-state index in [1.807, 2.05) is 63.5 Å². The SMILES string of the molecule is Cc1ncsc1-c1ccc(CNC(=O)C2CCCN2C(=O)C(n2cc(C3(C)CC(C)(CN(C)CC4CC4(F)F)C3)nn2)C(C)(C)C)cc1. The fraction of sp³-hybridized carbons (Fsp3) is 0.639. The van der Waals surface area contributed by atoms with Gasteiger partial charge in [-0.1, -0.05) is 64.1 Å². The molecule has 2 saturated carbocycles. The van der Waals surface area contributed by atoms with Crippen molar-refractivity contribution in [2.24, 2.45) is 16.7 Å². The number of amides is 2. The molecule has 1 aliphatic heterocycles. The van der Waals surface area contributed by atoms with Crippen LogP contribution in [0.15, 0.2) is 36.0 Å². The smallest absolute Gasteiger partial charge is 0.252 e. The molecule has 6 rings (SSSR count). The first-order chi connectivity index (χ1) is 22.5. The first kappa shape index (κ1) is 34.6. The minimum atomic E-state index is -2.50. The quantitative estimate of drug-likeness (QED) is 0.257. The van der Waals surface area contributed by atoms with Crippen LogP contribution in [-0.2, 0) is 21.5 Å². The van der Waals surface area contributed by atoms with Crippen LogP contribution in [0.5, 0.6) is 0 Å². The number of aryl methyl sites for hydroxylation is 1. The van der Waals surface area contributed by atoms with Crippen LogP contribution in [0.3, 0.4) is 0 Å². The zero-order chi connectivity index (χ0) is 34.6. The Morgan fingerprint density at radius 2 is 1.85 bits per heavy atom. The number of thiazole rings is 1. The van der Waals surface area contributed by atoms with Crippen LogP contribution in [0, 0.1) is 23.7 Å². The van der Waals surface area contributed by atoms with E-state index in [1.165, 1.54) is 0 Å². The summed E-state index contributed by atoms with van der Waals surface area (Å²) in [6, 6.07) is 6.97. The molecular formula is C36H49F2N7O2S. The molecule has 3 aromatic rings. The van der Waals surface area contributed by atoms with Crippen LogP contribution in [-0.4, -0.2) is 80.2 Å². The number of likely N-dealkylation sites (tertiary alicyclic amines) is 1.